The third kappa shape index (κ3) is 3.58. The molecule has 1 aliphatic carbocycles. The van der Waals surface area contributed by atoms with Crippen molar-refractivity contribution < 1.29 is 14.9 Å². The van der Waals surface area contributed by atoms with Gasteiger partial charge in [0.2, 0.25) is 0 Å². The summed E-state index contributed by atoms with van der Waals surface area (Å²) in [6.45, 7) is 3.14. The van der Waals surface area contributed by atoms with Gasteiger partial charge in [0.25, 0.3) is 0 Å². The fraction of sp³-hybridized carbons (Fsp3) is 0.400. The summed E-state index contributed by atoms with van der Waals surface area (Å²) < 4.78 is 8.95. The van der Waals surface area contributed by atoms with Crippen molar-refractivity contribution in [3.8, 4) is 0 Å². The highest BCUT2D eigenvalue weighted by molar-refractivity contribution is 9.10. The molecule has 9 nitrogen and oxygen atoms in total. The van der Waals surface area contributed by atoms with Gasteiger partial charge in [0.15, 0.2) is 0 Å². The number of hydrogen-bond donors (Lipinski definition) is 4. The van der Waals surface area contributed by atoms with E-state index in [4.69, 9.17) is 10.5 Å². The van der Waals surface area contributed by atoms with Crippen LogP contribution < -0.4 is 11.1 Å². The first kappa shape index (κ1) is 22.7. The normalized spacial score (nSPS) is 28.5. The van der Waals surface area contributed by atoms with Crippen molar-refractivity contribution in [1.82, 2.24) is 19.5 Å². The molecule has 0 unspecified atom stereocenters. The van der Waals surface area contributed by atoms with Crippen LogP contribution in [0.4, 0.5) is 11.6 Å². The molecular weight excluding hydrogens is 512 g/mol. The van der Waals surface area contributed by atoms with Gasteiger partial charge in [0.05, 0.1) is 40.2 Å². The number of nitrogens with zero attached hydrogens (tertiary/aromatic N) is 4. The number of aliphatic hydroxyl groups excluding tert-OH is 2. The zero-order valence-electron chi connectivity index (χ0n) is 19.2. The molecule has 10 heteroatoms. The van der Waals surface area contributed by atoms with Gasteiger partial charge in [-0.25, -0.2) is 15.0 Å². The largest absolute Gasteiger partial charge is 0.390 e. The van der Waals surface area contributed by atoms with Gasteiger partial charge in [-0.15, -0.1) is 0 Å². The molecule has 0 radical (unpaired) electrons. The van der Waals surface area contributed by atoms with E-state index in [9.17, 15) is 10.2 Å². The number of rotatable bonds is 4. The number of aliphatic hydroxyl groups is 2. The summed E-state index contributed by atoms with van der Waals surface area (Å²) in [4.78, 5) is 13.3. The lowest BCUT2D eigenvalue weighted by Crippen LogP contribution is -2.37. The third-order valence-electron chi connectivity index (χ3n) is 7.53. The molecule has 2 fully saturated rings. The number of nitrogen functional groups attached to an aromatic ring is 1. The van der Waals surface area contributed by atoms with Crippen LogP contribution in [0.15, 0.2) is 47.3 Å². The maximum Gasteiger partial charge on any atom is 0.145 e. The van der Waals surface area contributed by atoms with Gasteiger partial charge < -0.3 is 30.6 Å². The highest BCUT2D eigenvalue weighted by atomic mass is 79.9. The summed E-state index contributed by atoms with van der Waals surface area (Å²) in [6, 6.07) is 9.63. The van der Waals surface area contributed by atoms with E-state index in [1.807, 2.05) is 48.0 Å². The molecule has 6 rings (SSSR count). The fourth-order valence-corrected chi connectivity index (χ4v) is 6.07. The van der Waals surface area contributed by atoms with Crippen LogP contribution in [0.25, 0.3) is 21.9 Å². The Balaban J connectivity index is 1.29. The number of nitrogens with two attached hydrogens (primary N) is 1. The van der Waals surface area contributed by atoms with Crippen LogP contribution in [0.2, 0.25) is 0 Å². The third-order valence-corrected chi connectivity index (χ3v) is 8.16. The molecule has 1 aromatic carbocycles. The number of hydrogen-bond acceptors (Lipinski definition) is 8. The monoisotopic (exact) mass is 538 g/mol. The predicted octanol–water partition coefficient (Wildman–Crippen LogP) is 3.57. The van der Waals surface area contributed by atoms with Gasteiger partial charge in [-0.2, -0.15) is 0 Å². The molecule has 0 amide bonds. The first-order valence-electron chi connectivity index (χ1n) is 11.8. The van der Waals surface area contributed by atoms with E-state index in [1.165, 1.54) is 6.33 Å². The lowest BCUT2D eigenvalue weighted by molar-refractivity contribution is -0.0309. The number of anilines is 2. The highest BCUT2D eigenvalue weighted by Crippen LogP contribution is 2.55. The van der Waals surface area contributed by atoms with Crippen LogP contribution in [-0.4, -0.2) is 55.1 Å². The second-order valence-corrected chi connectivity index (χ2v) is 10.4. The number of halogens is 1. The van der Waals surface area contributed by atoms with E-state index >= 15 is 0 Å². The van der Waals surface area contributed by atoms with E-state index in [-0.39, 0.29) is 12.1 Å². The van der Waals surface area contributed by atoms with E-state index in [0.29, 0.717) is 25.3 Å². The molecule has 2 aliphatic rings. The lowest BCUT2D eigenvalue weighted by atomic mass is 9.80. The second kappa shape index (κ2) is 8.41. The van der Waals surface area contributed by atoms with Crippen molar-refractivity contribution in [3.63, 3.8) is 0 Å². The van der Waals surface area contributed by atoms with E-state index < -0.39 is 17.6 Å². The number of nitrogens with one attached hydrogen (secondary N) is 1. The number of ether oxygens (including phenoxy) is 1. The lowest BCUT2D eigenvalue weighted by Gasteiger charge is -2.26. The fourth-order valence-electron chi connectivity index (χ4n) is 5.73. The number of aromatic nitrogens is 4. The quantitative estimate of drug-likeness (QED) is 0.310. The van der Waals surface area contributed by atoms with Crippen molar-refractivity contribution in [3.05, 3.63) is 52.9 Å². The second-order valence-electron chi connectivity index (χ2n) is 9.59. The molecule has 1 saturated heterocycles. The summed E-state index contributed by atoms with van der Waals surface area (Å²) >= 11 is 3.43. The molecule has 35 heavy (non-hydrogen) atoms. The standard InChI is InChI=1S/C25H27BrN6O3/c1-2-28-23-15-5-6-32(24(15)30-12-29-23)18-9-25(21(34)20(18)33)10-19(35-11-25)14-4-3-13-7-16(26)22(27)31-17(13)8-14/h3-8,12,18-21,33-34H,2,9-11H2,1H3,(H2,27,31)(H,28,29,30)/t18-,19-,20+,21+,25-/m1/s1. The number of benzene rings is 1. The zero-order chi connectivity index (χ0) is 24.3. The predicted molar refractivity (Wildman–Crippen MR) is 137 cm³/mol. The average Bonchev–Trinajstić information content (AvgIpc) is 3.54. The van der Waals surface area contributed by atoms with Crippen LogP contribution in [0, 0.1) is 5.41 Å². The molecule has 1 aliphatic heterocycles. The Labute approximate surface area is 210 Å². The minimum Gasteiger partial charge on any atom is -0.390 e. The molecule has 4 aromatic rings. The van der Waals surface area contributed by atoms with E-state index in [0.717, 1.165) is 44.3 Å². The van der Waals surface area contributed by atoms with Crippen molar-refractivity contribution >= 4 is 49.5 Å². The maximum absolute atomic E-state index is 11.2. The smallest absolute Gasteiger partial charge is 0.145 e. The Morgan fingerprint density at radius 2 is 2.09 bits per heavy atom. The van der Waals surface area contributed by atoms with Gasteiger partial charge >= 0.3 is 0 Å². The molecule has 182 valence electrons. The van der Waals surface area contributed by atoms with Crippen LogP contribution in [0.5, 0.6) is 0 Å². The Bertz CT molecular complexity index is 1430. The summed E-state index contributed by atoms with van der Waals surface area (Å²) in [5, 5.41) is 27.5. The van der Waals surface area contributed by atoms with Crippen LogP contribution >= 0.6 is 15.9 Å². The molecule has 1 saturated carbocycles. The van der Waals surface area contributed by atoms with E-state index in [2.05, 4.69) is 36.2 Å². The molecule has 4 heterocycles. The average molecular weight is 539 g/mol. The van der Waals surface area contributed by atoms with Crippen molar-refractivity contribution in [2.24, 2.45) is 5.41 Å². The van der Waals surface area contributed by atoms with E-state index in [1.54, 1.807) is 0 Å². The van der Waals surface area contributed by atoms with Gasteiger partial charge in [0, 0.05) is 23.5 Å². The summed E-state index contributed by atoms with van der Waals surface area (Å²) in [5.41, 5.74) is 7.96. The van der Waals surface area contributed by atoms with Crippen molar-refractivity contribution in [2.75, 3.05) is 24.2 Å². The Morgan fingerprint density at radius 1 is 1.23 bits per heavy atom. The van der Waals surface area contributed by atoms with Crippen LogP contribution in [0.3, 0.4) is 0 Å². The zero-order valence-corrected chi connectivity index (χ0v) is 20.8. The summed E-state index contributed by atoms with van der Waals surface area (Å²) in [6.07, 6.45) is 2.60. The topological polar surface area (TPSA) is 131 Å². The summed E-state index contributed by atoms with van der Waals surface area (Å²) in [7, 11) is 0. The van der Waals surface area contributed by atoms with Crippen LogP contribution in [0.1, 0.15) is 37.5 Å². The summed E-state index contributed by atoms with van der Waals surface area (Å²) in [5.74, 6) is 1.21. The van der Waals surface area contributed by atoms with Gasteiger partial charge in [0.1, 0.15) is 29.7 Å². The van der Waals surface area contributed by atoms with Crippen molar-refractivity contribution in [1.29, 1.82) is 0 Å². The first-order valence-corrected chi connectivity index (χ1v) is 12.6. The van der Waals surface area contributed by atoms with Crippen molar-refractivity contribution in [2.45, 2.75) is 44.1 Å². The first-order chi connectivity index (χ1) is 16.9. The Hall–Kier alpha value is -2.79. The molecule has 5 atom stereocenters. The number of fused-ring (bicyclic) bond motifs is 2. The van der Waals surface area contributed by atoms with Crippen LogP contribution in [-0.2, 0) is 4.74 Å². The SMILES string of the molecule is CCNc1ncnc2c1ccn2[C@@H]1C[C@@]2(CO[C@@H](c3ccc4cc(Br)c(N)nc4c3)C2)[C@@H](O)[C@H]1O. The van der Waals surface area contributed by atoms with Gasteiger partial charge in [-0.05, 0) is 59.5 Å². The molecule has 3 aromatic heterocycles. The van der Waals surface area contributed by atoms with Gasteiger partial charge in [-0.1, -0.05) is 12.1 Å². The molecule has 0 bridgehead atoms. The Kier molecular flexibility index (Phi) is 5.44. The molecule has 5 N–H and O–H groups in total. The van der Waals surface area contributed by atoms with Gasteiger partial charge in [-0.3, -0.25) is 0 Å². The highest BCUT2D eigenvalue weighted by Gasteiger charge is 2.57. The Morgan fingerprint density at radius 3 is 2.91 bits per heavy atom. The minimum absolute atomic E-state index is 0.198. The molecule has 1 spiro atoms. The molecular formula is C25H27BrN6O3. The maximum atomic E-state index is 11.2. The number of pyridine rings is 1. The minimum atomic E-state index is -0.930.